The largest absolute Gasteiger partial charge is 0.398 e. The van der Waals surface area contributed by atoms with Crippen molar-refractivity contribution in [1.82, 2.24) is 9.97 Å². The first-order valence-corrected chi connectivity index (χ1v) is 6.59. The molecule has 0 saturated carbocycles. The second kappa shape index (κ2) is 4.59. The van der Waals surface area contributed by atoms with Crippen molar-refractivity contribution in [3.05, 3.63) is 47.0 Å². The molecule has 0 saturated heterocycles. The number of rotatable bonds is 2. The number of fused-ring (bicyclic) bond motifs is 1. The molecule has 3 N–H and O–H groups in total. The lowest BCUT2D eigenvalue weighted by Gasteiger charge is -2.02. The highest BCUT2D eigenvalue weighted by atomic mass is 35.5. The Hall–Kier alpha value is -2.00. The van der Waals surface area contributed by atoms with E-state index in [9.17, 15) is 0 Å². The molecule has 0 unspecified atom stereocenters. The van der Waals surface area contributed by atoms with E-state index in [-0.39, 0.29) is 0 Å². The molecule has 0 radical (unpaired) electrons. The van der Waals surface area contributed by atoms with Gasteiger partial charge < -0.3 is 10.7 Å². The normalized spacial score (nSPS) is 11.1. The van der Waals surface area contributed by atoms with Crippen molar-refractivity contribution in [1.29, 1.82) is 0 Å². The topological polar surface area (TPSA) is 54.7 Å². The van der Waals surface area contributed by atoms with E-state index in [1.165, 1.54) is 5.56 Å². The van der Waals surface area contributed by atoms with E-state index in [0.717, 1.165) is 28.8 Å². The van der Waals surface area contributed by atoms with E-state index in [4.69, 9.17) is 17.3 Å². The number of anilines is 1. The summed E-state index contributed by atoms with van der Waals surface area (Å²) in [4.78, 5) is 7.88. The van der Waals surface area contributed by atoms with E-state index in [0.29, 0.717) is 10.7 Å². The summed E-state index contributed by atoms with van der Waals surface area (Å²) in [7, 11) is 0. The van der Waals surface area contributed by atoms with Gasteiger partial charge in [-0.3, -0.25) is 0 Å². The van der Waals surface area contributed by atoms with Gasteiger partial charge in [-0.15, -0.1) is 0 Å². The van der Waals surface area contributed by atoms with Gasteiger partial charge in [-0.1, -0.05) is 24.6 Å². The van der Waals surface area contributed by atoms with Gasteiger partial charge in [0.25, 0.3) is 0 Å². The van der Waals surface area contributed by atoms with Gasteiger partial charge in [0, 0.05) is 16.3 Å². The van der Waals surface area contributed by atoms with E-state index < -0.39 is 0 Å². The molecule has 2 aromatic carbocycles. The second-order valence-corrected chi connectivity index (χ2v) is 4.96. The Labute approximate surface area is 116 Å². The van der Waals surface area contributed by atoms with Crippen LogP contribution in [0.25, 0.3) is 22.4 Å². The lowest BCUT2D eigenvalue weighted by Crippen LogP contribution is -1.90. The molecule has 3 rings (SSSR count). The Morgan fingerprint density at radius 1 is 1.21 bits per heavy atom. The van der Waals surface area contributed by atoms with Gasteiger partial charge in [-0.2, -0.15) is 0 Å². The van der Waals surface area contributed by atoms with Crippen molar-refractivity contribution >= 4 is 28.3 Å². The maximum atomic E-state index is 5.99. The van der Waals surface area contributed by atoms with E-state index in [2.05, 4.69) is 29.0 Å². The number of nitrogens with one attached hydrogen (secondary N) is 1. The van der Waals surface area contributed by atoms with Gasteiger partial charge >= 0.3 is 0 Å². The maximum absolute atomic E-state index is 5.99. The molecule has 0 aliphatic carbocycles. The summed E-state index contributed by atoms with van der Waals surface area (Å²) in [5, 5.41) is 0.630. The van der Waals surface area contributed by atoms with Crippen LogP contribution in [0.2, 0.25) is 5.02 Å². The smallest absolute Gasteiger partial charge is 0.140 e. The zero-order valence-corrected chi connectivity index (χ0v) is 11.3. The van der Waals surface area contributed by atoms with Gasteiger partial charge in [-0.05, 0) is 42.3 Å². The molecular weight excluding hydrogens is 258 g/mol. The third-order valence-electron chi connectivity index (χ3n) is 3.22. The highest BCUT2D eigenvalue weighted by Gasteiger charge is 2.09. The molecule has 1 heterocycles. The number of aromatic nitrogens is 2. The third kappa shape index (κ3) is 2.17. The average Bonchev–Trinajstić information content (AvgIpc) is 2.80. The van der Waals surface area contributed by atoms with Gasteiger partial charge in [-0.25, -0.2) is 4.98 Å². The Kier molecular flexibility index (Phi) is 2.91. The molecule has 0 spiro atoms. The van der Waals surface area contributed by atoms with Crippen molar-refractivity contribution in [2.24, 2.45) is 0 Å². The van der Waals surface area contributed by atoms with E-state index in [1.807, 2.05) is 18.2 Å². The summed E-state index contributed by atoms with van der Waals surface area (Å²) < 4.78 is 0. The Balaban J connectivity index is 2.14. The number of halogens is 1. The minimum atomic E-state index is 0.627. The van der Waals surface area contributed by atoms with Crippen LogP contribution in [-0.4, -0.2) is 9.97 Å². The SMILES string of the molecule is CCc1ccc2nc(-c3ccc(Cl)cc3N)[nH]c2c1. The number of H-pyrrole nitrogens is 1. The summed E-state index contributed by atoms with van der Waals surface area (Å²) in [5.74, 6) is 0.775. The van der Waals surface area contributed by atoms with E-state index in [1.54, 1.807) is 6.07 Å². The Bertz CT molecular complexity index is 746. The fraction of sp³-hybridized carbons (Fsp3) is 0.133. The van der Waals surface area contributed by atoms with Crippen LogP contribution in [0.15, 0.2) is 36.4 Å². The Morgan fingerprint density at radius 2 is 2.05 bits per heavy atom. The monoisotopic (exact) mass is 271 g/mol. The van der Waals surface area contributed by atoms with Crippen LogP contribution in [0.1, 0.15) is 12.5 Å². The van der Waals surface area contributed by atoms with Crippen LogP contribution in [0.4, 0.5) is 5.69 Å². The van der Waals surface area contributed by atoms with Gasteiger partial charge in [0.1, 0.15) is 5.82 Å². The van der Waals surface area contributed by atoms with Gasteiger partial charge in [0.05, 0.1) is 11.0 Å². The molecular formula is C15H14ClN3. The molecule has 0 amide bonds. The molecule has 0 aliphatic heterocycles. The van der Waals surface area contributed by atoms with Crippen LogP contribution >= 0.6 is 11.6 Å². The summed E-state index contributed by atoms with van der Waals surface area (Å²) in [6, 6.07) is 11.7. The summed E-state index contributed by atoms with van der Waals surface area (Å²) >= 11 is 5.91. The number of nitrogens with zero attached hydrogens (tertiary/aromatic N) is 1. The fourth-order valence-corrected chi connectivity index (χ4v) is 2.33. The van der Waals surface area contributed by atoms with E-state index >= 15 is 0 Å². The third-order valence-corrected chi connectivity index (χ3v) is 3.46. The fourth-order valence-electron chi connectivity index (χ4n) is 2.15. The zero-order chi connectivity index (χ0) is 13.4. The molecule has 4 heteroatoms. The highest BCUT2D eigenvalue weighted by molar-refractivity contribution is 6.31. The first kappa shape index (κ1) is 12.1. The summed E-state index contributed by atoms with van der Waals surface area (Å²) in [6.07, 6.45) is 1.01. The van der Waals surface area contributed by atoms with Crippen molar-refractivity contribution in [3.8, 4) is 11.4 Å². The number of imidazole rings is 1. The number of hydrogen-bond donors (Lipinski definition) is 2. The van der Waals surface area contributed by atoms with Gasteiger partial charge in [0.15, 0.2) is 0 Å². The van der Waals surface area contributed by atoms with Gasteiger partial charge in [0.2, 0.25) is 0 Å². The molecule has 96 valence electrons. The second-order valence-electron chi connectivity index (χ2n) is 4.52. The van der Waals surface area contributed by atoms with Crippen molar-refractivity contribution in [3.63, 3.8) is 0 Å². The first-order valence-electron chi connectivity index (χ1n) is 6.21. The first-order chi connectivity index (χ1) is 9.17. The number of hydrogen-bond acceptors (Lipinski definition) is 2. The predicted octanol–water partition coefficient (Wildman–Crippen LogP) is 4.03. The molecule has 0 atom stereocenters. The minimum Gasteiger partial charge on any atom is -0.398 e. The molecule has 3 nitrogen and oxygen atoms in total. The maximum Gasteiger partial charge on any atom is 0.140 e. The van der Waals surface area contributed by atoms with Crippen molar-refractivity contribution in [2.45, 2.75) is 13.3 Å². The van der Waals surface area contributed by atoms with Crippen LogP contribution in [0.3, 0.4) is 0 Å². The quantitative estimate of drug-likeness (QED) is 0.692. The number of aromatic amines is 1. The molecule has 0 aliphatic rings. The summed E-state index contributed by atoms with van der Waals surface area (Å²) in [5.41, 5.74) is 10.7. The Morgan fingerprint density at radius 3 is 2.79 bits per heavy atom. The van der Waals surface area contributed by atoms with Crippen molar-refractivity contribution in [2.75, 3.05) is 5.73 Å². The molecule has 19 heavy (non-hydrogen) atoms. The van der Waals surface area contributed by atoms with Crippen LogP contribution in [0.5, 0.6) is 0 Å². The molecule has 0 bridgehead atoms. The van der Waals surface area contributed by atoms with Crippen LogP contribution < -0.4 is 5.73 Å². The highest BCUT2D eigenvalue weighted by Crippen LogP contribution is 2.28. The van der Waals surface area contributed by atoms with Crippen LogP contribution in [0, 0.1) is 0 Å². The minimum absolute atomic E-state index is 0.627. The average molecular weight is 272 g/mol. The lowest BCUT2D eigenvalue weighted by atomic mass is 10.1. The zero-order valence-electron chi connectivity index (χ0n) is 10.6. The molecule has 0 fully saturated rings. The predicted molar refractivity (Wildman–Crippen MR) is 80.3 cm³/mol. The van der Waals surface area contributed by atoms with Crippen LogP contribution in [-0.2, 0) is 6.42 Å². The van der Waals surface area contributed by atoms with Crippen molar-refractivity contribution < 1.29 is 0 Å². The lowest BCUT2D eigenvalue weighted by molar-refractivity contribution is 1.14. The number of nitrogens with two attached hydrogens (primary N) is 1. The summed E-state index contributed by atoms with van der Waals surface area (Å²) in [6.45, 7) is 2.13. The molecule has 1 aromatic heterocycles. The standard InChI is InChI=1S/C15H14ClN3/c1-2-9-3-6-13-14(7-9)19-15(18-13)11-5-4-10(16)8-12(11)17/h3-8H,2,17H2,1H3,(H,18,19). The number of nitrogen functional groups attached to an aromatic ring is 1. The number of benzene rings is 2. The molecule has 3 aromatic rings. The number of aryl methyl sites for hydroxylation is 1.